The van der Waals surface area contributed by atoms with E-state index < -0.39 is 0 Å². The zero-order chi connectivity index (χ0) is 15.0. The first-order valence-electron chi connectivity index (χ1n) is 7.28. The fraction of sp³-hybridized carbons (Fsp3) is 0.375. The second-order valence-electron chi connectivity index (χ2n) is 5.77. The summed E-state index contributed by atoms with van der Waals surface area (Å²) in [5.74, 6) is 8.46. The van der Waals surface area contributed by atoms with E-state index in [4.69, 9.17) is 5.84 Å². The maximum Gasteiger partial charge on any atom is 0.148 e. The second-order valence-corrected chi connectivity index (χ2v) is 5.77. The number of aryl methyl sites for hydroxylation is 2. The van der Waals surface area contributed by atoms with Crippen molar-refractivity contribution in [1.82, 2.24) is 9.97 Å². The highest BCUT2D eigenvalue weighted by molar-refractivity contribution is 5.67. The zero-order valence-corrected chi connectivity index (χ0v) is 12.7. The monoisotopic (exact) mass is 283 g/mol. The van der Waals surface area contributed by atoms with Crippen molar-refractivity contribution in [3.05, 3.63) is 40.7 Å². The molecule has 0 spiro atoms. The Morgan fingerprint density at radius 1 is 1.10 bits per heavy atom. The van der Waals surface area contributed by atoms with Crippen LogP contribution in [0.4, 0.5) is 17.3 Å². The molecule has 21 heavy (non-hydrogen) atoms. The number of hydrazine groups is 1. The fourth-order valence-electron chi connectivity index (χ4n) is 2.40. The van der Waals surface area contributed by atoms with Gasteiger partial charge < -0.3 is 10.7 Å². The van der Waals surface area contributed by atoms with Gasteiger partial charge in [-0.1, -0.05) is 17.7 Å². The third-order valence-corrected chi connectivity index (χ3v) is 3.88. The lowest BCUT2D eigenvalue weighted by Crippen LogP contribution is -2.14. The van der Waals surface area contributed by atoms with E-state index in [9.17, 15) is 0 Å². The molecule has 0 atom stereocenters. The largest absolute Gasteiger partial charge is 0.340 e. The standard InChI is InChI=1S/C16H21N5/c1-9-4-7-13(10(2)8-9)18-14-11(3)15(21-17)20-16(19-14)12-5-6-12/h4,7-8,12H,5-6,17H2,1-3H3,(H2,18,19,20,21). The van der Waals surface area contributed by atoms with Crippen LogP contribution in [0.2, 0.25) is 0 Å². The molecular weight excluding hydrogens is 262 g/mol. The van der Waals surface area contributed by atoms with E-state index in [1.165, 1.54) is 11.1 Å². The number of rotatable bonds is 4. The minimum absolute atomic E-state index is 0.484. The van der Waals surface area contributed by atoms with Crippen LogP contribution in [0.1, 0.15) is 41.3 Å². The van der Waals surface area contributed by atoms with Crippen LogP contribution in [0.5, 0.6) is 0 Å². The predicted molar refractivity (Wildman–Crippen MR) is 85.8 cm³/mol. The number of nitrogen functional groups attached to an aromatic ring is 1. The summed E-state index contributed by atoms with van der Waals surface area (Å²) in [6.45, 7) is 6.15. The number of anilines is 3. The van der Waals surface area contributed by atoms with E-state index >= 15 is 0 Å². The van der Waals surface area contributed by atoms with Crippen molar-refractivity contribution in [2.45, 2.75) is 39.5 Å². The van der Waals surface area contributed by atoms with Crippen molar-refractivity contribution < 1.29 is 0 Å². The Bertz CT molecular complexity index is 677. The SMILES string of the molecule is Cc1ccc(Nc2nc(C3CC3)nc(NN)c2C)c(C)c1. The average Bonchev–Trinajstić information content (AvgIpc) is 3.28. The number of aromatic nitrogens is 2. The Balaban J connectivity index is 1.98. The van der Waals surface area contributed by atoms with Crippen molar-refractivity contribution in [3.63, 3.8) is 0 Å². The highest BCUT2D eigenvalue weighted by Crippen LogP contribution is 2.39. The normalized spacial score (nSPS) is 14.1. The van der Waals surface area contributed by atoms with Gasteiger partial charge in [0.15, 0.2) is 0 Å². The number of hydrogen-bond donors (Lipinski definition) is 3. The van der Waals surface area contributed by atoms with E-state index in [-0.39, 0.29) is 0 Å². The number of nitrogens with two attached hydrogens (primary N) is 1. The maximum atomic E-state index is 5.58. The smallest absolute Gasteiger partial charge is 0.148 e. The molecule has 1 heterocycles. The van der Waals surface area contributed by atoms with Gasteiger partial charge in [0.25, 0.3) is 0 Å². The Morgan fingerprint density at radius 2 is 1.81 bits per heavy atom. The second kappa shape index (κ2) is 5.33. The van der Waals surface area contributed by atoms with Gasteiger partial charge in [-0.3, -0.25) is 0 Å². The van der Waals surface area contributed by atoms with Crippen LogP contribution < -0.4 is 16.6 Å². The topological polar surface area (TPSA) is 75.9 Å². The summed E-state index contributed by atoms with van der Waals surface area (Å²) in [6.07, 6.45) is 2.33. The first-order valence-corrected chi connectivity index (χ1v) is 7.28. The van der Waals surface area contributed by atoms with Crippen molar-refractivity contribution in [3.8, 4) is 0 Å². The van der Waals surface area contributed by atoms with E-state index in [1.54, 1.807) is 0 Å². The van der Waals surface area contributed by atoms with Crippen molar-refractivity contribution in [1.29, 1.82) is 0 Å². The summed E-state index contributed by atoms with van der Waals surface area (Å²) in [5.41, 5.74) is 7.12. The number of benzene rings is 1. The fourth-order valence-corrected chi connectivity index (χ4v) is 2.40. The van der Waals surface area contributed by atoms with Crippen LogP contribution in [0.15, 0.2) is 18.2 Å². The summed E-state index contributed by atoms with van der Waals surface area (Å²) in [6, 6.07) is 6.33. The van der Waals surface area contributed by atoms with Crippen molar-refractivity contribution in [2.24, 2.45) is 5.84 Å². The first kappa shape index (κ1) is 13.8. The minimum Gasteiger partial charge on any atom is -0.340 e. The van der Waals surface area contributed by atoms with Crippen LogP contribution >= 0.6 is 0 Å². The lowest BCUT2D eigenvalue weighted by atomic mass is 10.1. The summed E-state index contributed by atoms with van der Waals surface area (Å²) in [7, 11) is 0. The molecule has 2 aromatic rings. The molecule has 5 nitrogen and oxygen atoms in total. The Hall–Kier alpha value is -2.14. The summed E-state index contributed by atoms with van der Waals surface area (Å²) in [5, 5.41) is 3.42. The molecule has 5 heteroatoms. The molecule has 0 amide bonds. The minimum atomic E-state index is 0.484. The molecule has 1 saturated carbocycles. The summed E-state index contributed by atoms with van der Waals surface area (Å²) < 4.78 is 0. The molecule has 0 bridgehead atoms. The molecule has 1 aromatic carbocycles. The molecule has 0 aliphatic heterocycles. The van der Waals surface area contributed by atoms with E-state index in [1.807, 2.05) is 6.92 Å². The summed E-state index contributed by atoms with van der Waals surface area (Å²) >= 11 is 0. The molecule has 110 valence electrons. The highest BCUT2D eigenvalue weighted by Gasteiger charge is 2.28. The Labute approximate surface area is 125 Å². The lowest BCUT2D eigenvalue weighted by molar-refractivity contribution is 0.920. The Morgan fingerprint density at radius 3 is 2.43 bits per heavy atom. The van der Waals surface area contributed by atoms with Crippen LogP contribution in [-0.4, -0.2) is 9.97 Å². The van der Waals surface area contributed by atoms with Gasteiger partial charge >= 0.3 is 0 Å². The lowest BCUT2D eigenvalue weighted by Gasteiger charge is -2.15. The molecular formula is C16H21N5. The van der Waals surface area contributed by atoms with E-state index in [0.717, 1.165) is 35.7 Å². The van der Waals surface area contributed by atoms with Gasteiger partial charge in [0.05, 0.1) is 0 Å². The molecule has 0 unspecified atom stereocenters. The van der Waals surface area contributed by atoms with Crippen LogP contribution in [0.25, 0.3) is 0 Å². The van der Waals surface area contributed by atoms with Gasteiger partial charge in [-0.2, -0.15) is 0 Å². The van der Waals surface area contributed by atoms with Crippen LogP contribution in [0, 0.1) is 20.8 Å². The third-order valence-electron chi connectivity index (χ3n) is 3.88. The van der Waals surface area contributed by atoms with Gasteiger partial charge in [0.2, 0.25) is 0 Å². The third kappa shape index (κ3) is 2.83. The molecule has 0 saturated heterocycles. The maximum absolute atomic E-state index is 5.58. The molecule has 0 radical (unpaired) electrons. The number of hydrogen-bond acceptors (Lipinski definition) is 5. The van der Waals surface area contributed by atoms with Gasteiger partial charge in [0, 0.05) is 17.2 Å². The Kier molecular flexibility index (Phi) is 3.51. The molecule has 1 fully saturated rings. The van der Waals surface area contributed by atoms with Crippen molar-refractivity contribution in [2.75, 3.05) is 10.7 Å². The van der Waals surface area contributed by atoms with E-state index in [2.05, 4.69) is 52.8 Å². The number of nitrogens with zero attached hydrogens (tertiary/aromatic N) is 2. The molecule has 3 rings (SSSR count). The van der Waals surface area contributed by atoms with Crippen LogP contribution in [-0.2, 0) is 0 Å². The van der Waals surface area contributed by atoms with Gasteiger partial charge in [-0.15, -0.1) is 0 Å². The summed E-state index contributed by atoms with van der Waals surface area (Å²) in [4.78, 5) is 9.19. The zero-order valence-electron chi connectivity index (χ0n) is 12.7. The average molecular weight is 283 g/mol. The predicted octanol–water partition coefficient (Wildman–Crippen LogP) is 3.31. The van der Waals surface area contributed by atoms with Gasteiger partial charge in [0.1, 0.15) is 17.5 Å². The molecule has 1 aliphatic rings. The van der Waals surface area contributed by atoms with Gasteiger partial charge in [-0.25, -0.2) is 15.8 Å². The van der Waals surface area contributed by atoms with Crippen LogP contribution in [0.3, 0.4) is 0 Å². The molecule has 1 aliphatic carbocycles. The first-order chi connectivity index (χ1) is 10.1. The number of nitrogens with one attached hydrogen (secondary N) is 2. The van der Waals surface area contributed by atoms with E-state index in [0.29, 0.717) is 11.7 Å². The highest BCUT2D eigenvalue weighted by atomic mass is 15.3. The van der Waals surface area contributed by atoms with Gasteiger partial charge in [-0.05, 0) is 45.2 Å². The quantitative estimate of drug-likeness (QED) is 0.593. The molecule has 4 N–H and O–H groups in total. The molecule has 1 aromatic heterocycles. The van der Waals surface area contributed by atoms with Crippen molar-refractivity contribution >= 4 is 17.3 Å².